The van der Waals surface area contributed by atoms with Gasteiger partial charge in [-0.05, 0) is 36.1 Å². The van der Waals surface area contributed by atoms with Crippen molar-refractivity contribution in [3.63, 3.8) is 0 Å². The predicted molar refractivity (Wildman–Crippen MR) is 106 cm³/mol. The summed E-state index contributed by atoms with van der Waals surface area (Å²) >= 11 is 0. The van der Waals surface area contributed by atoms with E-state index in [1.807, 2.05) is 30.3 Å². The van der Waals surface area contributed by atoms with Crippen LogP contribution in [-0.4, -0.2) is 32.2 Å². The predicted octanol–water partition coefficient (Wildman–Crippen LogP) is 3.14. The number of nitrogens with zero attached hydrogens (tertiary/aromatic N) is 1. The molecule has 0 saturated carbocycles. The molecule has 0 aliphatic heterocycles. The minimum atomic E-state index is -0.157. The third-order valence-corrected chi connectivity index (χ3v) is 4.57. The number of carbonyl (C=O) groups is 1. The van der Waals surface area contributed by atoms with Crippen LogP contribution in [0.25, 0.3) is 10.9 Å². The smallest absolute Gasteiger partial charge is 0.251 e. The van der Waals surface area contributed by atoms with E-state index in [1.54, 1.807) is 44.4 Å². The number of nitrogens with one attached hydrogen (secondary N) is 1. The summed E-state index contributed by atoms with van der Waals surface area (Å²) in [4.78, 5) is 29.2. The number of methoxy groups -OCH3 is 2. The van der Waals surface area contributed by atoms with Gasteiger partial charge < -0.3 is 19.4 Å². The molecule has 6 heteroatoms. The number of carbonyl (C=O) groups excluding carboxylic acids is 1. The summed E-state index contributed by atoms with van der Waals surface area (Å²) < 4.78 is 10.5. The highest BCUT2D eigenvalue weighted by molar-refractivity contribution is 5.93. The van der Waals surface area contributed by atoms with E-state index in [2.05, 4.69) is 4.98 Å². The molecule has 0 aliphatic rings. The van der Waals surface area contributed by atoms with Crippen molar-refractivity contribution in [2.45, 2.75) is 12.8 Å². The van der Waals surface area contributed by atoms with Gasteiger partial charge in [0.1, 0.15) is 0 Å². The molecular formula is C21H22N2O4. The minimum Gasteiger partial charge on any atom is -0.493 e. The molecule has 0 saturated heterocycles. The zero-order valence-electron chi connectivity index (χ0n) is 15.6. The Morgan fingerprint density at radius 2 is 1.78 bits per heavy atom. The molecule has 0 bridgehead atoms. The van der Waals surface area contributed by atoms with Gasteiger partial charge in [0.25, 0.3) is 5.56 Å². The van der Waals surface area contributed by atoms with Crippen molar-refractivity contribution in [3.05, 3.63) is 64.4 Å². The summed E-state index contributed by atoms with van der Waals surface area (Å²) in [7, 11) is 4.82. The first-order valence-electron chi connectivity index (χ1n) is 8.63. The molecule has 2 aromatic carbocycles. The molecule has 1 aromatic heterocycles. The number of rotatable bonds is 6. The van der Waals surface area contributed by atoms with Crippen LogP contribution in [0.15, 0.2) is 53.3 Å². The maximum absolute atomic E-state index is 12.6. The molecule has 3 rings (SSSR count). The summed E-state index contributed by atoms with van der Waals surface area (Å²) in [6.45, 7) is 0. The van der Waals surface area contributed by atoms with Crippen LogP contribution >= 0.6 is 0 Å². The van der Waals surface area contributed by atoms with Gasteiger partial charge in [0.15, 0.2) is 11.5 Å². The molecule has 0 unspecified atom stereocenters. The molecule has 1 N–H and O–H groups in total. The van der Waals surface area contributed by atoms with Crippen molar-refractivity contribution in [1.29, 1.82) is 0 Å². The van der Waals surface area contributed by atoms with Gasteiger partial charge >= 0.3 is 0 Å². The Hall–Kier alpha value is -3.28. The highest BCUT2D eigenvalue weighted by Gasteiger charge is 2.15. The standard InChI is InChI=1S/C21H22N2O4/c1-23(16-9-10-18(26-2)19(13-16)27-3)20(24)11-8-15-12-14-6-4-5-7-17(14)22-21(15)25/h4-7,9-10,12-13H,8,11H2,1-3H3,(H,22,25). The summed E-state index contributed by atoms with van der Waals surface area (Å²) in [5.74, 6) is 1.07. The lowest BCUT2D eigenvalue weighted by Crippen LogP contribution is -2.27. The third-order valence-electron chi connectivity index (χ3n) is 4.57. The Morgan fingerprint density at radius 1 is 1.04 bits per heavy atom. The van der Waals surface area contributed by atoms with E-state index >= 15 is 0 Å². The number of amides is 1. The molecule has 6 nitrogen and oxygen atoms in total. The maximum atomic E-state index is 12.6. The number of aromatic nitrogens is 1. The van der Waals surface area contributed by atoms with Crippen LogP contribution in [0, 0.1) is 0 Å². The molecule has 140 valence electrons. The van der Waals surface area contributed by atoms with Crippen LogP contribution in [0.4, 0.5) is 5.69 Å². The number of pyridine rings is 1. The first-order chi connectivity index (χ1) is 13.0. The molecule has 0 radical (unpaired) electrons. The number of fused-ring (bicyclic) bond motifs is 1. The average Bonchev–Trinajstić information content (AvgIpc) is 2.70. The molecule has 1 heterocycles. The van der Waals surface area contributed by atoms with Gasteiger partial charge in [-0.15, -0.1) is 0 Å². The molecule has 0 atom stereocenters. The SMILES string of the molecule is COc1ccc(N(C)C(=O)CCc2cc3ccccc3[nH]c2=O)cc1OC. The molecule has 1 amide bonds. The summed E-state index contributed by atoms with van der Waals surface area (Å²) in [5.41, 5.74) is 1.93. The van der Waals surface area contributed by atoms with Crippen LogP contribution in [0.1, 0.15) is 12.0 Å². The summed E-state index contributed by atoms with van der Waals surface area (Å²) in [5, 5.41) is 0.952. The Balaban J connectivity index is 1.74. The van der Waals surface area contributed by atoms with Gasteiger partial charge in [-0.2, -0.15) is 0 Å². The Kier molecular flexibility index (Phi) is 5.45. The van der Waals surface area contributed by atoms with Crippen molar-refractivity contribution in [2.75, 3.05) is 26.2 Å². The van der Waals surface area contributed by atoms with Gasteiger partial charge in [0, 0.05) is 36.3 Å². The van der Waals surface area contributed by atoms with Gasteiger partial charge in [-0.3, -0.25) is 9.59 Å². The topological polar surface area (TPSA) is 71.6 Å². The second kappa shape index (κ2) is 7.95. The van der Waals surface area contributed by atoms with E-state index < -0.39 is 0 Å². The maximum Gasteiger partial charge on any atom is 0.251 e. The Bertz CT molecular complexity index is 1030. The molecular weight excluding hydrogens is 344 g/mol. The number of aryl methyl sites for hydroxylation is 1. The summed E-state index contributed by atoms with van der Waals surface area (Å²) in [6.07, 6.45) is 0.600. The molecule has 27 heavy (non-hydrogen) atoms. The lowest BCUT2D eigenvalue weighted by Gasteiger charge is -2.19. The van der Waals surface area contributed by atoms with E-state index in [0.717, 1.165) is 10.9 Å². The minimum absolute atomic E-state index is 0.0882. The zero-order chi connectivity index (χ0) is 19.4. The quantitative estimate of drug-likeness (QED) is 0.727. The molecule has 0 fully saturated rings. The highest BCUT2D eigenvalue weighted by Crippen LogP contribution is 2.31. The Labute approximate surface area is 157 Å². The van der Waals surface area contributed by atoms with Crippen molar-refractivity contribution >= 4 is 22.5 Å². The van der Waals surface area contributed by atoms with Gasteiger partial charge in [-0.25, -0.2) is 0 Å². The zero-order valence-corrected chi connectivity index (χ0v) is 15.6. The number of para-hydroxylation sites is 1. The molecule has 0 aliphatic carbocycles. The van der Waals surface area contributed by atoms with Crippen LogP contribution in [0.5, 0.6) is 11.5 Å². The normalized spacial score (nSPS) is 10.6. The Morgan fingerprint density at radius 3 is 2.52 bits per heavy atom. The van der Waals surface area contributed by atoms with Crippen molar-refractivity contribution in [1.82, 2.24) is 4.98 Å². The van der Waals surface area contributed by atoms with Gasteiger partial charge in [0.05, 0.1) is 14.2 Å². The van der Waals surface area contributed by atoms with E-state index in [-0.39, 0.29) is 17.9 Å². The lowest BCUT2D eigenvalue weighted by molar-refractivity contribution is -0.118. The van der Waals surface area contributed by atoms with Crippen molar-refractivity contribution in [2.24, 2.45) is 0 Å². The van der Waals surface area contributed by atoms with E-state index in [0.29, 0.717) is 29.2 Å². The van der Waals surface area contributed by atoms with Gasteiger partial charge in [-0.1, -0.05) is 18.2 Å². The van der Waals surface area contributed by atoms with Crippen LogP contribution in [0.3, 0.4) is 0 Å². The molecule has 0 spiro atoms. The van der Waals surface area contributed by atoms with Gasteiger partial charge in [0.2, 0.25) is 5.91 Å². The van der Waals surface area contributed by atoms with Crippen LogP contribution < -0.4 is 19.9 Å². The highest BCUT2D eigenvalue weighted by atomic mass is 16.5. The summed E-state index contributed by atoms with van der Waals surface area (Å²) in [6, 6.07) is 14.7. The number of aromatic amines is 1. The van der Waals surface area contributed by atoms with E-state index in [1.165, 1.54) is 0 Å². The van der Waals surface area contributed by atoms with Crippen molar-refractivity contribution < 1.29 is 14.3 Å². The van der Waals surface area contributed by atoms with Crippen molar-refractivity contribution in [3.8, 4) is 11.5 Å². The fraction of sp³-hybridized carbons (Fsp3) is 0.238. The van der Waals surface area contributed by atoms with Crippen LogP contribution in [-0.2, 0) is 11.2 Å². The van der Waals surface area contributed by atoms with E-state index in [4.69, 9.17) is 9.47 Å². The number of ether oxygens (including phenoxy) is 2. The lowest BCUT2D eigenvalue weighted by atomic mass is 10.1. The fourth-order valence-corrected chi connectivity index (χ4v) is 2.97. The number of benzene rings is 2. The number of H-pyrrole nitrogens is 1. The number of hydrogen-bond acceptors (Lipinski definition) is 4. The third kappa shape index (κ3) is 3.95. The number of anilines is 1. The number of hydrogen-bond donors (Lipinski definition) is 1. The second-order valence-corrected chi connectivity index (χ2v) is 6.20. The van der Waals surface area contributed by atoms with Crippen LogP contribution in [0.2, 0.25) is 0 Å². The fourth-order valence-electron chi connectivity index (χ4n) is 2.97. The first-order valence-corrected chi connectivity index (χ1v) is 8.63. The van der Waals surface area contributed by atoms with E-state index in [9.17, 15) is 9.59 Å². The average molecular weight is 366 g/mol. The second-order valence-electron chi connectivity index (χ2n) is 6.20. The largest absolute Gasteiger partial charge is 0.493 e. The first kappa shape index (κ1) is 18.5. The monoisotopic (exact) mass is 366 g/mol. The molecule has 3 aromatic rings.